The zero-order valence-electron chi connectivity index (χ0n) is 15.6. The first-order chi connectivity index (χ1) is 13.7. The number of aromatic nitrogens is 4. The van der Waals surface area contributed by atoms with Gasteiger partial charge < -0.3 is 0 Å². The van der Waals surface area contributed by atoms with Crippen molar-refractivity contribution in [3.8, 4) is 33.1 Å². The van der Waals surface area contributed by atoms with Crippen molar-refractivity contribution in [2.45, 2.75) is 13.8 Å². The molecule has 0 fully saturated rings. The molecule has 136 valence electrons. The minimum atomic E-state index is 0.781. The van der Waals surface area contributed by atoms with Gasteiger partial charge in [0, 0.05) is 11.1 Å². The first-order valence-electron chi connectivity index (χ1n) is 9.15. The van der Waals surface area contributed by atoms with Crippen LogP contribution < -0.4 is 0 Å². The molecule has 2 heterocycles. The van der Waals surface area contributed by atoms with E-state index < -0.39 is 0 Å². The van der Waals surface area contributed by atoms with E-state index in [1.165, 1.54) is 16.7 Å². The molecular weight excluding hydrogens is 364 g/mol. The van der Waals surface area contributed by atoms with Crippen LogP contribution >= 0.6 is 11.3 Å². The van der Waals surface area contributed by atoms with E-state index >= 15 is 0 Å². The van der Waals surface area contributed by atoms with Crippen molar-refractivity contribution in [2.24, 2.45) is 0 Å². The molecule has 0 aliphatic carbocycles. The van der Waals surface area contributed by atoms with Gasteiger partial charge in [-0.3, -0.25) is 0 Å². The molecule has 0 atom stereocenters. The Morgan fingerprint density at radius 1 is 0.714 bits per heavy atom. The van der Waals surface area contributed by atoms with E-state index in [2.05, 4.69) is 84.7 Å². The maximum Gasteiger partial charge on any atom is 0.235 e. The fourth-order valence-corrected chi connectivity index (χ4v) is 4.25. The van der Waals surface area contributed by atoms with Crippen LogP contribution in [0, 0.1) is 13.8 Å². The second-order valence-electron chi connectivity index (χ2n) is 6.85. The topological polar surface area (TPSA) is 43.1 Å². The molecule has 3 aromatic carbocycles. The fourth-order valence-electron chi connectivity index (χ4n) is 3.37. The van der Waals surface area contributed by atoms with Crippen LogP contribution in [0.4, 0.5) is 0 Å². The average molecular weight is 382 g/mol. The van der Waals surface area contributed by atoms with Gasteiger partial charge >= 0.3 is 0 Å². The summed E-state index contributed by atoms with van der Waals surface area (Å²) in [7, 11) is 0. The van der Waals surface area contributed by atoms with Crippen LogP contribution in [-0.4, -0.2) is 19.8 Å². The summed E-state index contributed by atoms with van der Waals surface area (Å²) in [5.41, 5.74) is 6.93. The summed E-state index contributed by atoms with van der Waals surface area (Å²) in [4.78, 5) is 0.798. The maximum atomic E-state index is 4.87. The maximum absolute atomic E-state index is 4.87. The van der Waals surface area contributed by atoms with Crippen LogP contribution in [-0.2, 0) is 0 Å². The fraction of sp³-hybridized carbons (Fsp3) is 0.0870. The summed E-state index contributed by atoms with van der Waals surface area (Å²) in [5, 5.41) is 14.6. The number of nitrogens with zero attached hydrogens (tertiary/aromatic N) is 4. The van der Waals surface area contributed by atoms with Gasteiger partial charge in [0.25, 0.3) is 0 Å². The Morgan fingerprint density at radius 2 is 1.39 bits per heavy atom. The monoisotopic (exact) mass is 382 g/mol. The second kappa shape index (κ2) is 6.69. The van der Waals surface area contributed by atoms with E-state index in [0.717, 1.165) is 32.5 Å². The summed E-state index contributed by atoms with van der Waals surface area (Å²) < 4.78 is 1.86. The molecule has 4 nitrogen and oxygen atoms in total. The normalized spacial score (nSPS) is 11.2. The third-order valence-electron chi connectivity index (χ3n) is 4.90. The summed E-state index contributed by atoms with van der Waals surface area (Å²) >= 11 is 1.56. The van der Waals surface area contributed by atoms with E-state index in [9.17, 15) is 0 Å². The largest absolute Gasteiger partial charge is 0.235 e. The van der Waals surface area contributed by atoms with Crippen LogP contribution in [0.3, 0.4) is 0 Å². The number of rotatable bonds is 3. The Hall–Kier alpha value is -3.31. The summed E-state index contributed by atoms with van der Waals surface area (Å²) in [6.45, 7) is 4.18. The minimum Gasteiger partial charge on any atom is -0.182 e. The number of aryl methyl sites for hydroxylation is 2. The lowest BCUT2D eigenvalue weighted by Crippen LogP contribution is -1.93. The highest BCUT2D eigenvalue weighted by Gasteiger charge is 2.17. The summed E-state index contributed by atoms with van der Waals surface area (Å²) in [6.07, 6.45) is 0. The molecule has 0 aliphatic rings. The molecule has 0 bridgehead atoms. The zero-order chi connectivity index (χ0) is 19.1. The predicted molar refractivity (Wildman–Crippen MR) is 114 cm³/mol. The lowest BCUT2D eigenvalue weighted by molar-refractivity contribution is 0.969. The van der Waals surface area contributed by atoms with Gasteiger partial charge in [-0.15, -0.1) is 10.2 Å². The van der Waals surface area contributed by atoms with Gasteiger partial charge in [0.1, 0.15) is 5.01 Å². The lowest BCUT2D eigenvalue weighted by atomic mass is 9.99. The average Bonchev–Trinajstić information content (AvgIpc) is 3.30. The van der Waals surface area contributed by atoms with Crippen LogP contribution in [0.5, 0.6) is 0 Å². The summed E-state index contributed by atoms with van der Waals surface area (Å²) in [6, 6.07) is 25.2. The molecular formula is C23H18N4S. The third-order valence-corrected chi connectivity index (χ3v) is 5.83. The quantitative estimate of drug-likeness (QED) is 0.396. The van der Waals surface area contributed by atoms with E-state index in [4.69, 9.17) is 5.10 Å². The highest BCUT2D eigenvalue weighted by Crippen LogP contribution is 2.35. The molecule has 0 amide bonds. The predicted octanol–water partition coefficient (Wildman–Crippen LogP) is 5.80. The molecule has 2 aromatic heterocycles. The van der Waals surface area contributed by atoms with Crippen LogP contribution in [0.2, 0.25) is 0 Å². The Labute approximate surface area is 167 Å². The standard InChI is InChI=1S/C23H18N4S/c1-15-11-13-17(14-12-15)19-9-5-6-10-20(19)22-26-27-21(24-25-23(27)28-22)18-8-4-3-7-16(18)2/h3-14H,1-2H3. The zero-order valence-corrected chi connectivity index (χ0v) is 16.4. The molecule has 0 radical (unpaired) electrons. The lowest BCUT2D eigenvalue weighted by Gasteiger charge is -2.07. The van der Waals surface area contributed by atoms with Gasteiger partial charge in [-0.05, 0) is 30.5 Å². The van der Waals surface area contributed by atoms with Crippen LogP contribution in [0.15, 0.2) is 72.8 Å². The van der Waals surface area contributed by atoms with Crippen molar-refractivity contribution in [1.29, 1.82) is 0 Å². The van der Waals surface area contributed by atoms with Crippen molar-refractivity contribution in [2.75, 3.05) is 0 Å². The van der Waals surface area contributed by atoms with E-state index in [0.29, 0.717) is 0 Å². The summed E-state index contributed by atoms with van der Waals surface area (Å²) in [5.74, 6) is 0.781. The minimum absolute atomic E-state index is 0.781. The van der Waals surface area contributed by atoms with Crippen molar-refractivity contribution < 1.29 is 0 Å². The molecule has 0 unspecified atom stereocenters. The molecule has 0 saturated heterocycles. The molecule has 5 heteroatoms. The van der Waals surface area contributed by atoms with E-state index in [-0.39, 0.29) is 0 Å². The number of hydrogen-bond acceptors (Lipinski definition) is 4. The van der Waals surface area contributed by atoms with Crippen molar-refractivity contribution in [3.63, 3.8) is 0 Å². The van der Waals surface area contributed by atoms with Gasteiger partial charge in [0.2, 0.25) is 4.96 Å². The first kappa shape index (κ1) is 16.8. The smallest absolute Gasteiger partial charge is 0.182 e. The van der Waals surface area contributed by atoms with Crippen LogP contribution in [0.1, 0.15) is 11.1 Å². The molecule has 5 rings (SSSR count). The SMILES string of the molecule is Cc1ccc(-c2ccccc2-c2nn3c(-c4ccccc4C)nnc3s2)cc1. The molecule has 0 aliphatic heterocycles. The highest BCUT2D eigenvalue weighted by atomic mass is 32.1. The molecule has 0 saturated carbocycles. The Bertz CT molecular complexity index is 1280. The van der Waals surface area contributed by atoms with Crippen molar-refractivity contribution in [3.05, 3.63) is 83.9 Å². The van der Waals surface area contributed by atoms with Gasteiger partial charge in [-0.1, -0.05) is 89.7 Å². The molecule has 5 aromatic rings. The van der Waals surface area contributed by atoms with Crippen molar-refractivity contribution in [1.82, 2.24) is 19.8 Å². The number of benzene rings is 3. The Balaban J connectivity index is 1.66. The van der Waals surface area contributed by atoms with Gasteiger partial charge in [0.05, 0.1) is 0 Å². The third kappa shape index (κ3) is 2.80. The number of hydrogen-bond donors (Lipinski definition) is 0. The molecule has 28 heavy (non-hydrogen) atoms. The van der Waals surface area contributed by atoms with Gasteiger partial charge in [0.15, 0.2) is 5.82 Å². The second-order valence-corrected chi connectivity index (χ2v) is 7.81. The first-order valence-corrected chi connectivity index (χ1v) is 9.97. The highest BCUT2D eigenvalue weighted by molar-refractivity contribution is 7.19. The van der Waals surface area contributed by atoms with Gasteiger partial charge in [-0.2, -0.15) is 9.61 Å². The molecule has 0 N–H and O–H groups in total. The van der Waals surface area contributed by atoms with Crippen LogP contribution in [0.25, 0.3) is 38.0 Å². The Kier molecular flexibility index (Phi) is 4.02. The van der Waals surface area contributed by atoms with Gasteiger partial charge in [-0.25, -0.2) is 0 Å². The molecule has 0 spiro atoms. The van der Waals surface area contributed by atoms with E-state index in [1.54, 1.807) is 11.3 Å². The van der Waals surface area contributed by atoms with Crippen molar-refractivity contribution >= 4 is 16.3 Å². The number of fused-ring (bicyclic) bond motifs is 1. The van der Waals surface area contributed by atoms with E-state index in [1.807, 2.05) is 16.6 Å². The Morgan fingerprint density at radius 3 is 2.14 bits per heavy atom.